The normalized spacial score (nSPS) is 18.4. The number of nitrogens with two attached hydrogens (primary N) is 1. The van der Waals surface area contributed by atoms with Gasteiger partial charge in [0, 0.05) is 6.42 Å². The van der Waals surface area contributed by atoms with Crippen LogP contribution < -0.4 is 5.73 Å². The lowest BCUT2D eigenvalue weighted by molar-refractivity contribution is -0.152. The van der Waals surface area contributed by atoms with Gasteiger partial charge >= 0.3 is 11.9 Å². The Morgan fingerprint density at radius 1 is 1.14 bits per heavy atom. The van der Waals surface area contributed by atoms with Crippen molar-refractivity contribution in [2.45, 2.75) is 76.4 Å². The molecule has 0 bridgehead atoms. The molecule has 22 heavy (non-hydrogen) atoms. The van der Waals surface area contributed by atoms with E-state index >= 15 is 0 Å². The van der Waals surface area contributed by atoms with Gasteiger partial charge in [-0.15, -0.1) is 0 Å². The maximum Gasteiger partial charge on any atom is 0.323 e. The predicted molar refractivity (Wildman–Crippen MR) is 85.2 cm³/mol. The van der Waals surface area contributed by atoms with Crippen molar-refractivity contribution in [3.8, 4) is 0 Å². The summed E-state index contributed by atoms with van der Waals surface area (Å²) in [6.45, 7) is 3.65. The molecule has 1 rings (SSSR count). The Labute approximate surface area is 133 Å². The molecule has 126 valence electrons. The van der Waals surface area contributed by atoms with Gasteiger partial charge in [-0.05, 0) is 32.1 Å². The number of ether oxygens (including phenoxy) is 2. The highest BCUT2D eigenvalue weighted by Gasteiger charge is 2.21. The first-order valence-electron chi connectivity index (χ1n) is 8.36. The van der Waals surface area contributed by atoms with Crippen molar-refractivity contribution in [1.82, 2.24) is 0 Å². The summed E-state index contributed by atoms with van der Waals surface area (Å²) in [4.78, 5) is 23.4. The third-order valence-corrected chi connectivity index (χ3v) is 3.91. The first kappa shape index (κ1) is 18.7. The number of esters is 2. The molecule has 1 aliphatic rings. The van der Waals surface area contributed by atoms with E-state index < -0.39 is 12.0 Å². The molecule has 0 aliphatic heterocycles. The summed E-state index contributed by atoms with van der Waals surface area (Å²) >= 11 is 0. The summed E-state index contributed by atoms with van der Waals surface area (Å²) in [5, 5.41) is 0. The highest BCUT2D eigenvalue weighted by molar-refractivity contribution is 5.77. The van der Waals surface area contributed by atoms with Crippen LogP contribution in [0.4, 0.5) is 0 Å². The van der Waals surface area contributed by atoms with Crippen LogP contribution in [0.5, 0.6) is 0 Å². The molecule has 0 aromatic carbocycles. The summed E-state index contributed by atoms with van der Waals surface area (Å²) in [5.41, 5.74) is 5.81. The zero-order valence-electron chi connectivity index (χ0n) is 13.4. The standard InChI is InChI=1S/C17H29NO4/c1-2-13-21-16(19)12-11-15(18)17(20)22-14-9-7-5-3-4-6-8-10-14/h2,14-15H,1,3-13,18H2. The van der Waals surface area contributed by atoms with Crippen LogP contribution in [0, 0.1) is 0 Å². The molecule has 2 N–H and O–H groups in total. The lowest BCUT2D eigenvalue weighted by Crippen LogP contribution is -2.35. The molecule has 5 heteroatoms. The lowest BCUT2D eigenvalue weighted by Gasteiger charge is -2.19. The van der Waals surface area contributed by atoms with Gasteiger partial charge in [0.2, 0.25) is 0 Å². The largest absolute Gasteiger partial charge is 0.461 e. The van der Waals surface area contributed by atoms with E-state index in [-0.39, 0.29) is 31.5 Å². The van der Waals surface area contributed by atoms with Crippen molar-refractivity contribution >= 4 is 11.9 Å². The number of carbonyl (C=O) groups excluding carboxylic acids is 2. The van der Waals surface area contributed by atoms with E-state index in [1.54, 1.807) is 0 Å². The van der Waals surface area contributed by atoms with Crippen LogP contribution in [0.15, 0.2) is 12.7 Å². The minimum Gasteiger partial charge on any atom is -0.461 e. The van der Waals surface area contributed by atoms with E-state index in [4.69, 9.17) is 15.2 Å². The predicted octanol–water partition coefficient (Wildman–Crippen LogP) is 2.87. The number of carbonyl (C=O) groups is 2. The molecule has 0 spiro atoms. The SMILES string of the molecule is C=CCOC(=O)CCC(N)C(=O)OC1CCCCCCCC1. The second-order valence-electron chi connectivity index (χ2n) is 5.87. The van der Waals surface area contributed by atoms with Crippen LogP contribution in [0.3, 0.4) is 0 Å². The molecule has 0 saturated heterocycles. The van der Waals surface area contributed by atoms with Crippen LogP contribution >= 0.6 is 0 Å². The fraction of sp³-hybridized carbons (Fsp3) is 0.765. The Kier molecular flexibility index (Phi) is 9.55. The van der Waals surface area contributed by atoms with Crippen LogP contribution in [0.25, 0.3) is 0 Å². The molecule has 1 fully saturated rings. The van der Waals surface area contributed by atoms with Crippen LogP contribution in [0.1, 0.15) is 64.2 Å². The first-order chi connectivity index (χ1) is 10.6. The number of hydrogen-bond donors (Lipinski definition) is 1. The summed E-state index contributed by atoms with van der Waals surface area (Å²) in [5.74, 6) is -0.772. The van der Waals surface area contributed by atoms with Gasteiger partial charge in [-0.25, -0.2) is 0 Å². The van der Waals surface area contributed by atoms with E-state index in [1.165, 1.54) is 31.8 Å². The maximum atomic E-state index is 12.0. The van der Waals surface area contributed by atoms with Crippen molar-refractivity contribution in [2.24, 2.45) is 5.73 Å². The molecule has 1 aliphatic carbocycles. The van der Waals surface area contributed by atoms with Gasteiger partial charge in [0.1, 0.15) is 18.8 Å². The van der Waals surface area contributed by atoms with Crippen molar-refractivity contribution in [1.29, 1.82) is 0 Å². The maximum absolute atomic E-state index is 12.0. The van der Waals surface area contributed by atoms with E-state index in [2.05, 4.69) is 6.58 Å². The molecule has 0 aromatic rings. The molecule has 0 aromatic heterocycles. The Hall–Kier alpha value is -1.36. The molecule has 0 radical (unpaired) electrons. The Bertz CT molecular complexity index is 347. The lowest BCUT2D eigenvalue weighted by atomic mass is 10.1. The average molecular weight is 311 g/mol. The second-order valence-corrected chi connectivity index (χ2v) is 5.87. The topological polar surface area (TPSA) is 78.6 Å². The van der Waals surface area contributed by atoms with E-state index in [0.717, 1.165) is 25.7 Å². The summed E-state index contributed by atoms with van der Waals surface area (Å²) in [6, 6.07) is -0.760. The van der Waals surface area contributed by atoms with Gasteiger partial charge in [-0.1, -0.05) is 38.3 Å². The Balaban J connectivity index is 2.29. The third kappa shape index (κ3) is 8.17. The van der Waals surface area contributed by atoms with Crippen LogP contribution in [-0.4, -0.2) is 30.7 Å². The first-order valence-corrected chi connectivity index (χ1v) is 8.36. The average Bonchev–Trinajstić information content (AvgIpc) is 2.64. The van der Waals surface area contributed by atoms with Gasteiger partial charge in [-0.3, -0.25) is 9.59 Å². The molecule has 1 saturated carbocycles. The minimum absolute atomic E-state index is 0.0237. The van der Waals surface area contributed by atoms with Crippen molar-refractivity contribution in [3.05, 3.63) is 12.7 Å². The summed E-state index contributed by atoms with van der Waals surface area (Å²) in [7, 11) is 0. The molecule has 0 heterocycles. The van der Waals surface area contributed by atoms with Gasteiger partial charge in [0.25, 0.3) is 0 Å². The number of rotatable bonds is 7. The Morgan fingerprint density at radius 2 is 1.73 bits per heavy atom. The highest BCUT2D eigenvalue weighted by atomic mass is 16.5. The van der Waals surface area contributed by atoms with E-state index in [9.17, 15) is 9.59 Å². The van der Waals surface area contributed by atoms with Crippen molar-refractivity contribution in [3.63, 3.8) is 0 Å². The molecular formula is C17H29NO4. The van der Waals surface area contributed by atoms with Crippen LogP contribution in [0.2, 0.25) is 0 Å². The molecule has 0 amide bonds. The monoisotopic (exact) mass is 311 g/mol. The summed E-state index contributed by atoms with van der Waals surface area (Å²) < 4.78 is 10.4. The second kappa shape index (κ2) is 11.2. The zero-order valence-corrected chi connectivity index (χ0v) is 13.4. The molecule has 1 unspecified atom stereocenters. The van der Waals surface area contributed by atoms with E-state index in [0.29, 0.717) is 0 Å². The number of hydrogen-bond acceptors (Lipinski definition) is 5. The molecular weight excluding hydrogens is 282 g/mol. The van der Waals surface area contributed by atoms with Crippen molar-refractivity contribution < 1.29 is 19.1 Å². The molecule has 1 atom stereocenters. The fourth-order valence-corrected chi connectivity index (χ4v) is 2.58. The third-order valence-electron chi connectivity index (χ3n) is 3.91. The Morgan fingerprint density at radius 3 is 2.32 bits per heavy atom. The molecule has 5 nitrogen and oxygen atoms in total. The van der Waals surface area contributed by atoms with Crippen LogP contribution in [-0.2, 0) is 19.1 Å². The fourth-order valence-electron chi connectivity index (χ4n) is 2.58. The van der Waals surface area contributed by atoms with Gasteiger partial charge in [-0.2, -0.15) is 0 Å². The van der Waals surface area contributed by atoms with Gasteiger partial charge < -0.3 is 15.2 Å². The van der Waals surface area contributed by atoms with Crippen molar-refractivity contribution in [2.75, 3.05) is 6.61 Å². The highest BCUT2D eigenvalue weighted by Crippen LogP contribution is 2.19. The quantitative estimate of drug-likeness (QED) is 0.578. The summed E-state index contributed by atoms with van der Waals surface area (Å²) in [6.07, 6.45) is 10.8. The van der Waals surface area contributed by atoms with E-state index in [1.807, 2.05) is 0 Å². The smallest absolute Gasteiger partial charge is 0.323 e. The minimum atomic E-state index is -0.760. The van der Waals surface area contributed by atoms with Gasteiger partial charge in [0.15, 0.2) is 0 Å². The van der Waals surface area contributed by atoms with Gasteiger partial charge in [0.05, 0.1) is 0 Å². The zero-order chi connectivity index (χ0) is 16.2.